The highest BCUT2D eigenvalue weighted by atomic mass is 79.9. The van der Waals surface area contributed by atoms with Crippen LogP contribution in [0, 0.1) is 5.82 Å². The highest BCUT2D eigenvalue weighted by Crippen LogP contribution is 2.22. The van der Waals surface area contributed by atoms with E-state index in [-0.39, 0.29) is 11.4 Å². The summed E-state index contributed by atoms with van der Waals surface area (Å²) in [6, 6.07) is 9.70. The van der Waals surface area contributed by atoms with Crippen LogP contribution in [0.2, 0.25) is 0 Å². The predicted octanol–water partition coefficient (Wildman–Crippen LogP) is 3.24. The third-order valence-corrected chi connectivity index (χ3v) is 8.35. The number of sulfonamides is 2. The van der Waals surface area contributed by atoms with Crippen molar-refractivity contribution in [3.63, 3.8) is 0 Å². The molecule has 1 fully saturated rings. The predicted molar refractivity (Wildman–Crippen MR) is 107 cm³/mol. The second-order valence-electron chi connectivity index (χ2n) is 6.51. The van der Waals surface area contributed by atoms with Crippen LogP contribution in [0.5, 0.6) is 0 Å². The number of nitrogens with zero attached hydrogens (tertiary/aromatic N) is 1. The van der Waals surface area contributed by atoms with Gasteiger partial charge in [0, 0.05) is 24.1 Å². The Balaban J connectivity index is 1.71. The van der Waals surface area contributed by atoms with Crippen LogP contribution in [-0.2, 0) is 26.6 Å². The number of hydrogen-bond donors (Lipinski definition) is 1. The Labute approximate surface area is 173 Å². The van der Waals surface area contributed by atoms with Crippen molar-refractivity contribution < 1.29 is 21.2 Å². The van der Waals surface area contributed by atoms with Crippen molar-refractivity contribution >= 4 is 36.0 Å². The lowest BCUT2D eigenvalue weighted by Crippen LogP contribution is -2.35. The highest BCUT2D eigenvalue weighted by molar-refractivity contribution is 9.10. The first-order valence-electron chi connectivity index (χ1n) is 8.74. The number of rotatable bonds is 6. The van der Waals surface area contributed by atoms with Crippen molar-refractivity contribution in [2.45, 2.75) is 35.6 Å². The molecular weight excluding hydrogens is 471 g/mol. The van der Waals surface area contributed by atoms with Crippen LogP contribution in [0.25, 0.3) is 0 Å². The van der Waals surface area contributed by atoms with Crippen LogP contribution in [0.1, 0.15) is 24.8 Å². The van der Waals surface area contributed by atoms with Gasteiger partial charge in [-0.2, -0.15) is 4.31 Å². The van der Waals surface area contributed by atoms with Crippen molar-refractivity contribution in [3.8, 4) is 0 Å². The Morgan fingerprint density at radius 3 is 2.25 bits per heavy atom. The van der Waals surface area contributed by atoms with Crippen LogP contribution in [0.15, 0.2) is 56.7 Å². The van der Waals surface area contributed by atoms with Gasteiger partial charge in [-0.3, -0.25) is 0 Å². The molecule has 0 radical (unpaired) electrons. The quantitative estimate of drug-likeness (QED) is 0.673. The molecule has 0 atom stereocenters. The molecule has 0 unspecified atom stereocenters. The molecule has 152 valence electrons. The number of benzene rings is 2. The van der Waals surface area contributed by atoms with E-state index in [1.54, 1.807) is 12.1 Å². The lowest BCUT2D eigenvalue weighted by Gasteiger charge is -2.25. The van der Waals surface area contributed by atoms with E-state index in [1.807, 2.05) is 0 Å². The van der Waals surface area contributed by atoms with Gasteiger partial charge in [0.25, 0.3) is 0 Å². The summed E-state index contributed by atoms with van der Waals surface area (Å²) in [7, 11) is -7.58. The number of nitrogens with one attached hydrogen (secondary N) is 1. The standard InChI is InChI=1S/C18H20BrFN2O4S2/c19-15-6-9-17(20)18(12-15)27(23,24)21-13-14-4-7-16(8-5-14)28(25,26)22-10-2-1-3-11-22/h4-9,12,21H,1-3,10-11,13H2. The van der Waals surface area contributed by atoms with Crippen LogP contribution in [0.3, 0.4) is 0 Å². The lowest BCUT2D eigenvalue weighted by molar-refractivity contribution is 0.346. The average molecular weight is 491 g/mol. The average Bonchev–Trinajstić information content (AvgIpc) is 2.69. The van der Waals surface area contributed by atoms with Crippen molar-refractivity contribution in [3.05, 3.63) is 58.3 Å². The SMILES string of the molecule is O=S(=O)(NCc1ccc(S(=O)(=O)N2CCCCC2)cc1)c1cc(Br)ccc1F. The summed E-state index contributed by atoms with van der Waals surface area (Å²) < 4.78 is 68.0. The zero-order valence-corrected chi connectivity index (χ0v) is 18.2. The van der Waals surface area contributed by atoms with Gasteiger partial charge in [-0.15, -0.1) is 0 Å². The minimum absolute atomic E-state index is 0.0850. The van der Waals surface area contributed by atoms with Crippen molar-refractivity contribution in [1.82, 2.24) is 9.03 Å². The smallest absolute Gasteiger partial charge is 0.207 e. The first-order valence-corrected chi connectivity index (χ1v) is 12.5. The zero-order valence-electron chi connectivity index (χ0n) is 14.9. The van der Waals surface area contributed by atoms with E-state index in [0.717, 1.165) is 25.3 Å². The van der Waals surface area contributed by atoms with Crippen molar-refractivity contribution in [2.75, 3.05) is 13.1 Å². The monoisotopic (exact) mass is 490 g/mol. The van der Waals surface area contributed by atoms with E-state index >= 15 is 0 Å². The van der Waals surface area contributed by atoms with Crippen molar-refractivity contribution in [2.24, 2.45) is 0 Å². The molecule has 1 N–H and O–H groups in total. The van der Waals surface area contributed by atoms with Gasteiger partial charge in [-0.1, -0.05) is 34.5 Å². The second kappa shape index (κ2) is 8.58. The fourth-order valence-electron chi connectivity index (χ4n) is 2.97. The maximum atomic E-state index is 13.8. The van der Waals surface area contributed by atoms with E-state index in [1.165, 1.54) is 28.6 Å². The van der Waals surface area contributed by atoms with E-state index in [2.05, 4.69) is 20.7 Å². The van der Waals surface area contributed by atoms with E-state index < -0.39 is 30.8 Å². The first-order chi connectivity index (χ1) is 13.2. The summed E-state index contributed by atoms with van der Waals surface area (Å²) in [5.41, 5.74) is 0.566. The van der Waals surface area contributed by atoms with E-state index in [4.69, 9.17) is 0 Å². The molecule has 1 aliphatic heterocycles. The molecule has 0 bridgehead atoms. The molecule has 0 spiro atoms. The number of piperidine rings is 1. The molecule has 10 heteroatoms. The Morgan fingerprint density at radius 1 is 0.964 bits per heavy atom. The molecule has 28 heavy (non-hydrogen) atoms. The largest absolute Gasteiger partial charge is 0.243 e. The fourth-order valence-corrected chi connectivity index (χ4v) is 6.12. The van der Waals surface area contributed by atoms with Gasteiger partial charge in [0.05, 0.1) is 4.90 Å². The fraction of sp³-hybridized carbons (Fsp3) is 0.333. The van der Waals surface area contributed by atoms with Crippen LogP contribution in [-0.4, -0.2) is 34.2 Å². The zero-order chi connectivity index (χ0) is 20.4. The van der Waals surface area contributed by atoms with Gasteiger partial charge in [0.2, 0.25) is 20.0 Å². The highest BCUT2D eigenvalue weighted by Gasteiger charge is 2.26. The summed E-state index contributed by atoms with van der Waals surface area (Å²) in [6.07, 6.45) is 2.74. The summed E-state index contributed by atoms with van der Waals surface area (Å²) in [4.78, 5) is -0.273. The molecule has 0 aliphatic carbocycles. The first kappa shape index (κ1) is 21.4. The lowest BCUT2D eigenvalue weighted by atomic mass is 10.2. The van der Waals surface area contributed by atoms with Gasteiger partial charge in [-0.05, 0) is 48.7 Å². The Kier molecular flexibility index (Phi) is 6.55. The van der Waals surface area contributed by atoms with Crippen LogP contribution >= 0.6 is 15.9 Å². The molecule has 2 aromatic carbocycles. The van der Waals surface area contributed by atoms with E-state index in [9.17, 15) is 21.2 Å². The molecule has 6 nitrogen and oxygen atoms in total. The molecule has 1 aliphatic rings. The number of hydrogen-bond acceptors (Lipinski definition) is 4. The minimum atomic E-state index is -4.05. The van der Waals surface area contributed by atoms with E-state index in [0.29, 0.717) is 23.1 Å². The Bertz CT molecular complexity index is 1050. The molecule has 0 amide bonds. The van der Waals surface area contributed by atoms with Gasteiger partial charge < -0.3 is 0 Å². The third kappa shape index (κ3) is 4.80. The Hall–Kier alpha value is -1.33. The van der Waals surface area contributed by atoms with Gasteiger partial charge in [0.15, 0.2) is 0 Å². The normalized spacial score (nSPS) is 16.2. The molecule has 1 heterocycles. The van der Waals surface area contributed by atoms with Crippen LogP contribution < -0.4 is 4.72 Å². The summed E-state index contributed by atoms with van der Waals surface area (Å²) in [6.45, 7) is 0.947. The summed E-state index contributed by atoms with van der Waals surface area (Å²) in [5.74, 6) is -0.848. The maximum Gasteiger partial charge on any atom is 0.243 e. The number of halogens is 2. The molecule has 2 aromatic rings. The second-order valence-corrected chi connectivity index (χ2v) is 11.1. The topological polar surface area (TPSA) is 83.5 Å². The minimum Gasteiger partial charge on any atom is -0.207 e. The molecule has 0 saturated carbocycles. The third-order valence-electron chi connectivity index (χ3n) is 4.53. The van der Waals surface area contributed by atoms with Gasteiger partial charge in [0.1, 0.15) is 10.7 Å². The van der Waals surface area contributed by atoms with Crippen molar-refractivity contribution in [1.29, 1.82) is 0 Å². The van der Waals surface area contributed by atoms with Gasteiger partial charge >= 0.3 is 0 Å². The molecular formula is C18H20BrFN2O4S2. The molecule has 1 saturated heterocycles. The summed E-state index contributed by atoms with van der Waals surface area (Å²) >= 11 is 3.12. The van der Waals surface area contributed by atoms with Crippen LogP contribution in [0.4, 0.5) is 4.39 Å². The van der Waals surface area contributed by atoms with Gasteiger partial charge in [-0.25, -0.2) is 25.9 Å². The molecule has 3 rings (SSSR count). The maximum absolute atomic E-state index is 13.8. The Morgan fingerprint density at radius 2 is 1.61 bits per heavy atom. The molecule has 0 aromatic heterocycles. The summed E-state index contributed by atoms with van der Waals surface area (Å²) in [5, 5.41) is 0.